The second-order valence-corrected chi connectivity index (χ2v) is 5.94. The van der Waals surface area contributed by atoms with Crippen LogP contribution in [0.2, 0.25) is 0 Å². The first kappa shape index (κ1) is 13.4. The molecule has 1 aliphatic heterocycles. The highest BCUT2D eigenvalue weighted by Gasteiger charge is 2.19. The molecule has 112 valence electrons. The quantitative estimate of drug-likeness (QED) is 0.761. The van der Waals surface area contributed by atoms with Crippen molar-refractivity contribution in [2.45, 2.75) is 25.9 Å². The average molecular weight is 294 g/mol. The molecule has 3 aromatic rings. The lowest BCUT2D eigenvalue weighted by Gasteiger charge is -2.21. The van der Waals surface area contributed by atoms with Crippen LogP contribution in [0.25, 0.3) is 21.8 Å². The number of alkyl halides is 1. The number of hydrogen-bond acceptors (Lipinski definition) is 1. The Labute approximate surface area is 129 Å². The number of para-hydroxylation sites is 1. The molecule has 0 amide bonds. The van der Waals surface area contributed by atoms with Gasteiger partial charge in [0.25, 0.3) is 0 Å². The van der Waals surface area contributed by atoms with Gasteiger partial charge in [-0.3, -0.25) is 4.39 Å². The van der Waals surface area contributed by atoms with Crippen molar-refractivity contribution in [3.05, 3.63) is 59.8 Å². The second-order valence-electron chi connectivity index (χ2n) is 5.94. The van der Waals surface area contributed by atoms with Gasteiger partial charge in [-0.2, -0.15) is 0 Å². The molecule has 0 saturated heterocycles. The molecule has 0 fully saturated rings. The maximum absolute atomic E-state index is 12.7. The first-order chi connectivity index (χ1) is 10.8. The summed E-state index contributed by atoms with van der Waals surface area (Å²) in [5.74, 6) is 0. The summed E-state index contributed by atoms with van der Waals surface area (Å²) in [6.07, 6.45) is 1.44. The lowest BCUT2D eigenvalue weighted by atomic mass is 9.95. The Balaban J connectivity index is 2.04. The molecule has 0 radical (unpaired) electrons. The van der Waals surface area contributed by atoms with Crippen LogP contribution in [0.1, 0.15) is 17.5 Å². The van der Waals surface area contributed by atoms with Gasteiger partial charge >= 0.3 is 0 Å². The summed E-state index contributed by atoms with van der Waals surface area (Å²) >= 11 is 0. The third-order valence-corrected chi connectivity index (χ3v) is 4.58. The molecule has 2 aromatic carbocycles. The van der Waals surface area contributed by atoms with E-state index < -0.39 is 0 Å². The van der Waals surface area contributed by atoms with Gasteiger partial charge in [-0.25, -0.2) is 0 Å². The average Bonchev–Trinajstić information content (AvgIpc) is 2.86. The van der Waals surface area contributed by atoms with Crippen molar-refractivity contribution in [1.29, 1.82) is 0 Å². The number of benzene rings is 2. The fourth-order valence-electron chi connectivity index (χ4n) is 3.59. The zero-order chi connectivity index (χ0) is 15.1. The molecule has 2 nitrogen and oxygen atoms in total. The molecule has 0 aliphatic carbocycles. The van der Waals surface area contributed by atoms with Crippen molar-refractivity contribution in [2.24, 2.45) is 0 Å². The van der Waals surface area contributed by atoms with Crippen molar-refractivity contribution in [2.75, 3.05) is 6.67 Å². The van der Waals surface area contributed by atoms with Gasteiger partial charge in [0.2, 0.25) is 0 Å². The number of allylic oxidation sites excluding steroid dienone is 1. The number of nitrogens with one attached hydrogen (secondary N) is 1. The molecule has 3 heteroatoms. The van der Waals surface area contributed by atoms with E-state index in [9.17, 15) is 4.39 Å². The van der Waals surface area contributed by atoms with Crippen LogP contribution in [0.5, 0.6) is 0 Å². The Morgan fingerprint density at radius 2 is 2.00 bits per heavy atom. The molecule has 4 rings (SSSR count). The van der Waals surface area contributed by atoms with Gasteiger partial charge in [0.1, 0.15) is 0 Å². The molecule has 0 unspecified atom stereocenters. The van der Waals surface area contributed by atoms with Crippen molar-refractivity contribution < 1.29 is 4.39 Å². The van der Waals surface area contributed by atoms with Crippen molar-refractivity contribution in [3.8, 4) is 0 Å². The molecule has 1 aromatic heterocycles. The third-order valence-electron chi connectivity index (χ3n) is 4.58. The summed E-state index contributed by atoms with van der Waals surface area (Å²) < 4.78 is 14.9. The van der Waals surface area contributed by atoms with Crippen LogP contribution < -0.4 is 5.32 Å². The number of rotatable bonds is 3. The Morgan fingerprint density at radius 1 is 1.14 bits per heavy atom. The summed E-state index contributed by atoms with van der Waals surface area (Å²) in [7, 11) is 0. The van der Waals surface area contributed by atoms with E-state index in [-0.39, 0.29) is 6.67 Å². The van der Waals surface area contributed by atoms with Gasteiger partial charge in [0.05, 0.1) is 6.67 Å². The molecule has 1 N–H and O–H groups in total. The van der Waals surface area contributed by atoms with E-state index in [1.54, 1.807) is 0 Å². The fourth-order valence-corrected chi connectivity index (χ4v) is 3.59. The maximum atomic E-state index is 12.7. The summed E-state index contributed by atoms with van der Waals surface area (Å²) in [4.78, 5) is 0. The van der Waals surface area contributed by atoms with E-state index in [0.29, 0.717) is 6.42 Å². The minimum absolute atomic E-state index is 0.277. The second kappa shape index (κ2) is 5.16. The van der Waals surface area contributed by atoms with E-state index >= 15 is 0 Å². The lowest BCUT2D eigenvalue weighted by Crippen LogP contribution is -2.21. The van der Waals surface area contributed by atoms with Crippen LogP contribution in [-0.2, 0) is 19.5 Å². The molecule has 2 heterocycles. The number of halogens is 1. The summed E-state index contributed by atoms with van der Waals surface area (Å²) in [6.45, 7) is 5.31. The number of fused-ring (bicyclic) bond motifs is 5. The molecular formula is C19H19FN2. The van der Waals surface area contributed by atoms with Crippen LogP contribution >= 0.6 is 0 Å². The predicted molar refractivity (Wildman–Crippen MR) is 89.7 cm³/mol. The Bertz CT molecular complexity index is 876. The first-order valence-electron chi connectivity index (χ1n) is 7.79. The van der Waals surface area contributed by atoms with Gasteiger partial charge in [-0.1, -0.05) is 30.8 Å². The lowest BCUT2D eigenvalue weighted by molar-refractivity contribution is 0.452. The van der Waals surface area contributed by atoms with Crippen molar-refractivity contribution in [1.82, 2.24) is 9.88 Å². The van der Waals surface area contributed by atoms with Gasteiger partial charge in [0.15, 0.2) is 0 Å². The summed E-state index contributed by atoms with van der Waals surface area (Å²) in [6, 6.07) is 12.8. The van der Waals surface area contributed by atoms with Gasteiger partial charge in [0, 0.05) is 47.0 Å². The van der Waals surface area contributed by atoms with E-state index in [1.807, 2.05) is 0 Å². The molecule has 1 aliphatic rings. The third kappa shape index (κ3) is 1.92. The first-order valence-corrected chi connectivity index (χ1v) is 7.79. The molecule has 22 heavy (non-hydrogen) atoms. The van der Waals surface area contributed by atoms with Crippen LogP contribution in [0, 0.1) is 0 Å². The molecule has 0 saturated carbocycles. The molecular weight excluding hydrogens is 275 g/mol. The number of nitrogens with zero attached hydrogens (tertiary/aromatic N) is 1. The maximum Gasteiger partial charge on any atom is 0.0911 e. The van der Waals surface area contributed by atoms with Crippen LogP contribution in [0.3, 0.4) is 0 Å². The monoisotopic (exact) mass is 294 g/mol. The van der Waals surface area contributed by atoms with E-state index in [0.717, 1.165) is 25.2 Å². The van der Waals surface area contributed by atoms with Crippen LogP contribution in [0.15, 0.2) is 48.7 Å². The Hall–Kier alpha value is -2.29. The summed E-state index contributed by atoms with van der Waals surface area (Å²) in [5, 5.41) is 5.96. The van der Waals surface area contributed by atoms with Gasteiger partial charge in [-0.15, -0.1) is 0 Å². The van der Waals surface area contributed by atoms with Crippen LogP contribution in [0.4, 0.5) is 4.39 Å². The highest BCUT2D eigenvalue weighted by atomic mass is 19.1. The van der Waals surface area contributed by atoms with Crippen molar-refractivity contribution >= 4 is 21.8 Å². The van der Waals surface area contributed by atoms with Gasteiger partial charge < -0.3 is 9.88 Å². The zero-order valence-corrected chi connectivity index (χ0v) is 12.5. The fraction of sp³-hybridized carbons (Fsp3) is 0.263. The smallest absolute Gasteiger partial charge is 0.0911 e. The van der Waals surface area contributed by atoms with Gasteiger partial charge in [-0.05, 0) is 29.7 Å². The number of aryl methyl sites for hydroxylation is 1. The van der Waals surface area contributed by atoms with E-state index in [1.165, 1.54) is 32.9 Å². The topological polar surface area (TPSA) is 17.0 Å². The normalized spacial score (nSPS) is 14.3. The Morgan fingerprint density at radius 3 is 2.86 bits per heavy atom. The largest absolute Gasteiger partial charge is 0.384 e. The zero-order valence-electron chi connectivity index (χ0n) is 12.5. The van der Waals surface area contributed by atoms with Crippen molar-refractivity contribution in [3.63, 3.8) is 0 Å². The van der Waals surface area contributed by atoms with E-state index in [4.69, 9.17) is 0 Å². The molecule has 0 spiro atoms. The SMILES string of the molecule is C=C1Cc2ccc3c(c2CN1)c1ccccc1n3CCCF. The molecule has 0 bridgehead atoms. The number of aromatic nitrogens is 1. The standard InChI is InChI=1S/C19H19FN2/c1-13-11-14-7-8-18-19(16(14)12-21-13)15-5-2-3-6-17(15)22(18)10-4-9-20/h2-3,5-8,21H,1,4,9-12H2. The molecule has 0 atom stereocenters. The van der Waals surface area contributed by atoms with Crippen LogP contribution in [-0.4, -0.2) is 11.2 Å². The minimum atomic E-state index is -0.277. The van der Waals surface area contributed by atoms with E-state index in [2.05, 4.69) is 52.9 Å². The minimum Gasteiger partial charge on any atom is -0.384 e. The highest BCUT2D eigenvalue weighted by Crippen LogP contribution is 2.35. The summed E-state index contributed by atoms with van der Waals surface area (Å²) in [5.41, 5.74) is 6.20. The highest BCUT2D eigenvalue weighted by molar-refractivity contribution is 6.10. The Kier molecular flexibility index (Phi) is 3.14. The number of hydrogen-bond donors (Lipinski definition) is 1. The predicted octanol–water partition coefficient (Wildman–Crippen LogP) is 4.31.